The highest BCUT2D eigenvalue weighted by Gasteiger charge is 2.23. The van der Waals surface area contributed by atoms with E-state index in [2.05, 4.69) is 67.4 Å². The lowest BCUT2D eigenvalue weighted by Gasteiger charge is -2.21. The third-order valence-corrected chi connectivity index (χ3v) is 5.69. The summed E-state index contributed by atoms with van der Waals surface area (Å²) in [5, 5.41) is 14.5. The summed E-state index contributed by atoms with van der Waals surface area (Å²) in [5.74, 6) is 1.85. The smallest absolute Gasteiger partial charge is 0.223 e. The van der Waals surface area contributed by atoms with Gasteiger partial charge in [0.1, 0.15) is 5.82 Å². The molecule has 1 aliphatic heterocycles. The standard InChI is InChI=1S/C23H29N5O/c1-16(2)23(29)24-17(3)22-26-25-21-11-12-27(13-14-28(21)22)15-19-9-6-8-18-7-4-5-10-20(18)19/h4-10,16-17H,11-15H2,1-3H3,(H,24,29)/t17-/m0/s1. The molecule has 0 aliphatic carbocycles. The van der Waals surface area contributed by atoms with E-state index in [4.69, 9.17) is 0 Å². The van der Waals surface area contributed by atoms with Crippen molar-refractivity contribution in [2.45, 2.75) is 46.3 Å². The van der Waals surface area contributed by atoms with Gasteiger partial charge < -0.3 is 9.88 Å². The van der Waals surface area contributed by atoms with Crippen molar-refractivity contribution in [2.75, 3.05) is 13.1 Å². The van der Waals surface area contributed by atoms with E-state index >= 15 is 0 Å². The Morgan fingerprint density at radius 1 is 1.03 bits per heavy atom. The van der Waals surface area contributed by atoms with Gasteiger partial charge in [0.05, 0.1) is 6.04 Å². The predicted molar refractivity (Wildman–Crippen MR) is 114 cm³/mol. The molecule has 1 atom stereocenters. The van der Waals surface area contributed by atoms with Gasteiger partial charge in [-0.3, -0.25) is 9.69 Å². The molecule has 4 rings (SSSR count). The summed E-state index contributed by atoms with van der Waals surface area (Å²) >= 11 is 0. The van der Waals surface area contributed by atoms with Crippen molar-refractivity contribution < 1.29 is 4.79 Å². The molecule has 0 radical (unpaired) electrons. The summed E-state index contributed by atoms with van der Waals surface area (Å²) in [6, 6.07) is 15.0. The second kappa shape index (κ2) is 8.33. The molecule has 1 aliphatic rings. The van der Waals surface area contributed by atoms with Crippen molar-refractivity contribution in [1.29, 1.82) is 0 Å². The molecule has 2 heterocycles. The Kier molecular flexibility index (Phi) is 5.62. The number of carbonyl (C=O) groups excluding carboxylic acids is 1. The number of amides is 1. The molecule has 0 bridgehead atoms. The molecule has 0 saturated carbocycles. The van der Waals surface area contributed by atoms with Crippen molar-refractivity contribution in [1.82, 2.24) is 25.0 Å². The van der Waals surface area contributed by atoms with Gasteiger partial charge in [-0.25, -0.2) is 0 Å². The summed E-state index contributed by atoms with van der Waals surface area (Å²) in [7, 11) is 0. The van der Waals surface area contributed by atoms with Gasteiger partial charge in [0.25, 0.3) is 0 Å². The molecule has 29 heavy (non-hydrogen) atoms. The zero-order chi connectivity index (χ0) is 20.4. The van der Waals surface area contributed by atoms with Crippen LogP contribution in [0.1, 0.15) is 44.0 Å². The fraction of sp³-hybridized carbons (Fsp3) is 0.435. The first-order valence-electron chi connectivity index (χ1n) is 10.4. The number of rotatable bonds is 5. The van der Waals surface area contributed by atoms with Gasteiger partial charge in [0, 0.05) is 38.5 Å². The maximum atomic E-state index is 12.1. The Balaban J connectivity index is 1.47. The van der Waals surface area contributed by atoms with Gasteiger partial charge in [0.2, 0.25) is 5.91 Å². The van der Waals surface area contributed by atoms with Crippen LogP contribution in [-0.4, -0.2) is 38.7 Å². The van der Waals surface area contributed by atoms with E-state index in [-0.39, 0.29) is 17.9 Å². The van der Waals surface area contributed by atoms with Gasteiger partial charge in [0.15, 0.2) is 5.82 Å². The molecule has 152 valence electrons. The normalized spacial score (nSPS) is 15.9. The summed E-state index contributed by atoms with van der Waals surface area (Å²) in [4.78, 5) is 14.6. The minimum absolute atomic E-state index is 0.0415. The fourth-order valence-electron chi connectivity index (χ4n) is 3.98. The summed E-state index contributed by atoms with van der Waals surface area (Å²) in [5.41, 5.74) is 1.36. The number of fused-ring (bicyclic) bond motifs is 2. The van der Waals surface area contributed by atoms with Gasteiger partial charge in [-0.05, 0) is 23.3 Å². The summed E-state index contributed by atoms with van der Waals surface area (Å²) in [6.45, 7) is 9.44. The highest BCUT2D eigenvalue weighted by molar-refractivity contribution is 5.85. The lowest BCUT2D eigenvalue weighted by atomic mass is 10.0. The zero-order valence-corrected chi connectivity index (χ0v) is 17.4. The first-order chi connectivity index (χ1) is 14.0. The quantitative estimate of drug-likeness (QED) is 0.725. The van der Waals surface area contributed by atoms with Crippen LogP contribution in [0.2, 0.25) is 0 Å². The van der Waals surface area contributed by atoms with Crippen molar-refractivity contribution in [3.05, 3.63) is 59.7 Å². The average Bonchev–Trinajstić information content (AvgIpc) is 3.03. The molecule has 6 nitrogen and oxygen atoms in total. The van der Waals surface area contributed by atoms with E-state index < -0.39 is 0 Å². The zero-order valence-electron chi connectivity index (χ0n) is 17.4. The van der Waals surface area contributed by atoms with Crippen LogP contribution in [0.3, 0.4) is 0 Å². The molecule has 1 amide bonds. The molecular weight excluding hydrogens is 362 g/mol. The Bertz CT molecular complexity index is 1000. The number of hydrogen-bond donors (Lipinski definition) is 1. The second-order valence-corrected chi connectivity index (χ2v) is 8.18. The first-order valence-corrected chi connectivity index (χ1v) is 10.4. The van der Waals surface area contributed by atoms with E-state index in [1.807, 2.05) is 20.8 Å². The Morgan fingerprint density at radius 3 is 2.66 bits per heavy atom. The Hall–Kier alpha value is -2.73. The number of nitrogens with zero attached hydrogens (tertiary/aromatic N) is 4. The van der Waals surface area contributed by atoms with Gasteiger partial charge >= 0.3 is 0 Å². The number of aromatic nitrogens is 3. The number of benzene rings is 2. The molecule has 0 spiro atoms. The molecule has 0 saturated heterocycles. The third-order valence-electron chi connectivity index (χ3n) is 5.69. The average molecular weight is 392 g/mol. The minimum Gasteiger partial charge on any atom is -0.346 e. The van der Waals surface area contributed by atoms with Crippen molar-refractivity contribution in [2.24, 2.45) is 5.92 Å². The highest BCUT2D eigenvalue weighted by Crippen LogP contribution is 2.22. The van der Waals surface area contributed by atoms with E-state index in [0.717, 1.165) is 44.2 Å². The summed E-state index contributed by atoms with van der Waals surface area (Å²) < 4.78 is 2.19. The number of carbonyl (C=O) groups is 1. The lowest BCUT2D eigenvalue weighted by molar-refractivity contribution is -0.124. The fourth-order valence-corrected chi connectivity index (χ4v) is 3.98. The topological polar surface area (TPSA) is 63.1 Å². The molecule has 6 heteroatoms. The Morgan fingerprint density at radius 2 is 1.83 bits per heavy atom. The molecular formula is C23H29N5O. The Labute approximate surface area is 171 Å². The van der Waals surface area contributed by atoms with Crippen LogP contribution < -0.4 is 5.32 Å². The molecule has 3 aromatic rings. The van der Waals surface area contributed by atoms with E-state index in [1.165, 1.54) is 16.3 Å². The minimum atomic E-state index is -0.143. The van der Waals surface area contributed by atoms with Gasteiger partial charge in [-0.2, -0.15) is 0 Å². The number of nitrogens with one attached hydrogen (secondary N) is 1. The summed E-state index contributed by atoms with van der Waals surface area (Å²) in [6.07, 6.45) is 0.864. The highest BCUT2D eigenvalue weighted by atomic mass is 16.1. The number of hydrogen-bond acceptors (Lipinski definition) is 4. The van der Waals surface area contributed by atoms with Crippen LogP contribution in [0, 0.1) is 5.92 Å². The van der Waals surface area contributed by atoms with Crippen molar-refractivity contribution >= 4 is 16.7 Å². The maximum Gasteiger partial charge on any atom is 0.223 e. The van der Waals surface area contributed by atoms with Gasteiger partial charge in [-0.15, -0.1) is 10.2 Å². The largest absolute Gasteiger partial charge is 0.346 e. The van der Waals surface area contributed by atoms with E-state index in [0.29, 0.717) is 0 Å². The maximum absolute atomic E-state index is 12.1. The molecule has 0 fully saturated rings. The van der Waals surface area contributed by atoms with Gasteiger partial charge in [-0.1, -0.05) is 56.3 Å². The van der Waals surface area contributed by atoms with Crippen LogP contribution in [0.25, 0.3) is 10.8 Å². The van der Waals surface area contributed by atoms with Crippen LogP contribution in [0.4, 0.5) is 0 Å². The van der Waals surface area contributed by atoms with E-state index in [1.54, 1.807) is 0 Å². The SMILES string of the molecule is CC(C)C(=O)N[C@@H](C)c1nnc2n1CCN(Cc1cccc3ccccc13)CC2. The van der Waals surface area contributed by atoms with Crippen LogP contribution in [0.15, 0.2) is 42.5 Å². The van der Waals surface area contributed by atoms with Crippen LogP contribution in [-0.2, 0) is 24.3 Å². The first kappa shape index (κ1) is 19.6. The van der Waals surface area contributed by atoms with Crippen molar-refractivity contribution in [3.8, 4) is 0 Å². The van der Waals surface area contributed by atoms with Crippen LogP contribution in [0.5, 0.6) is 0 Å². The monoisotopic (exact) mass is 391 g/mol. The third kappa shape index (κ3) is 4.17. The van der Waals surface area contributed by atoms with Crippen LogP contribution >= 0.6 is 0 Å². The van der Waals surface area contributed by atoms with E-state index in [9.17, 15) is 4.79 Å². The van der Waals surface area contributed by atoms with Crippen molar-refractivity contribution in [3.63, 3.8) is 0 Å². The molecule has 1 aromatic heterocycles. The molecule has 2 aromatic carbocycles. The molecule has 0 unspecified atom stereocenters. The lowest BCUT2D eigenvalue weighted by Crippen LogP contribution is -2.32. The second-order valence-electron chi connectivity index (χ2n) is 8.18. The molecule has 1 N–H and O–H groups in total. The predicted octanol–water partition coefficient (Wildman–Crippen LogP) is 3.32.